The fourth-order valence-electron chi connectivity index (χ4n) is 1.46. The van der Waals surface area contributed by atoms with E-state index in [0.717, 1.165) is 11.6 Å². The molecule has 0 atom stereocenters. The summed E-state index contributed by atoms with van der Waals surface area (Å²) in [6.45, 7) is 0.353. The molecule has 4 nitrogen and oxygen atoms in total. The van der Waals surface area contributed by atoms with Crippen LogP contribution in [0.15, 0.2) is 36.7 Å². The van der Waals surface area contributed by atoms with Crippen molar-refractivity contribution in [2.24, 2.45) is 0 Å². The summed E-state index contributed by atoms with van der Waals surface area (Å²) in [4.78, 5) is 14.5. The Morgan fingerprint density at radius 2 is 2.24 bits per heavy atom. The SMILES string of the molecule is Nc1ccc(C(=O)NCc2cc[nH]c2)c(F)c1. The number of amides is 1. The topological polar surface area (TPSA) is 70.9 Å². The fourth-order valence-corrected chi connectivity index (χ4v) is 1.46. The number of anilines is 1. The van der Waals surface area contributed by atoms with Gasteiger partial charge in [0.1, 0.15) is 5.82 Å². The first-order valence-corrected chi connectivity index (χ1v) is 5.11. The van der Waals surface area contributed by atoms with Crippen LogP contribution in [0.3, 0.4) is 0 Å². The molecule has 4 N–H and O–H groups in total. The molecule has 1 aromatic carbocycles. The number of carbonyl (C=O) groups is 1. The number of halogens is 1. The van der Waals surface area contributed by atoms with Gasteiger partial charge in [-0.15, -0.1) is 0 Å². The van der Waals surface area contributed by atoms with Gasteiger partial charge >= 0.3 is 0 Å². The van der Waals surface area contributed by atoms with E-state index in [1.807, 2.05) is 6.07 Å². The van der Waals surface area contributed by atoms with E-state index in [0.29, 0.717) is 12.2 Å². The molecule has 0 aliphatic rings. The number of carbonyl (C=O) groups excluding carboxylic acids is 1. The van der Waals surface area contributed by atoms with Crippen molar-refractivity contribution in [3.8, 4) is 0 Å². The highest BCUT2D eigenvalue weighted by Gasteiger charge is 2.11. The fraction of sp³-hybridized carbons (Fsp3) is 0.0833. The molecule has 0 saturated heterocycles. The molecule has 0 aliphatic carbocycles. The minimum atomic E-state index is -0.614. The summed E-state index contributed by atoms with van der Waals surface area (Å²) in [7, 11) is 0. The van der Waals surface area contributed by atoms with Gasteiger partial charge in [0.15, 0.2) is 0 Å². The van der Waals surface area contributed by atoms with E-state index in [2.05, 4.69) is 10.3 Å². The van der Waals surface area contributed by atoms with Gasteiger partial charge < -0.3 is 16.0 Å². The predicted octanol–water partition coefficient (Wildman–Crippen LogP) is 1.67. The molecular weight excluding hydrogens is 221 g/mol. The average molecular weight is 233 g/mol. The summed E-state index contributed by atoms with van der Waals surface area (Å²) < 4.78 is 13.4. The Morgan fingerprint density at radius 1 is 1.41 bits per heavy atom. The molecule has 5 heteroatoms. The van der Waals surface area contributed by atoms with E-state index in [9.17, 15) is 9.18 Å². The number of hydrogen-bond acceptors (Lipinski definition) is 2. The first-order chi connectivity index (χ1) is 8.16. The van der Waals surface area contributed by atoms with Crippen molar-refractivity contribution in [3.63, 3.8) is 0 Å². The third-order valence-electron chi connectivity index (χ3n) is 2.35. The molecule has 0 saturated carbocycles. The Bertz CT molecular complexity index is 523. The molecule has 1 amide bonds. The molecule has 0 bridgehead atoms. The van der Waals surface area contributed by atoms with Crippen LogP contribution in [0.4, 0.5) is 10.1 Å². The van der Waals surface area contributed by atoms with E-state index in [1.54, 1.807) is 12.4 Å². The number of aromatic amines is 1. The van der Waals surface area contributed by atoms with Gasteiger partial charge in [0.2, 0.25) is 0 Å². The first-order valence-electron chi connectivity index (χ1n) is 5.11. The van der Waals surface area contributed by atoms with E-state index in [4.69, 9.17) is 5.73 Å². The Balaban J connectivity index is 2.04. The van der Waals surface area contributed by atoms with Crippen molar-refractivity contribution in [1.29, 1.82) is 0 Å². The zero-order valence-electron chi connectivity index (χ0n) is 9.03. The molecule has 0 aliphatic heterocycles. The van der Waals surface area contributed by atoms with Gasteiger partial charge in [-0.25, -0.2) is 4.39 Å². The smallest absolute Gasteiger partial charge is 0.254 e. The maximum absolute atomic E-state index is 13.4. The molecule has 0 unspecified atom stereocenters. The maximum atomic E-state index is 13.4. The van der Waals surface area contributed by atoms with Crippen molar-refractivity contribution in [2.45, 2.75) is 6.54 Å². The number of nitrogens with two attached hydrogens (primary N) is 1. The number of aromatic nitrogens is 1. The summed E-state index contributed by atoms with van der Waals surface area (Å²) in [6, 6.07) is 5.83. The number of nitrogens with one attached hydrogen (secondary N) is 2. The number of hydrogen-bond donors (Lipinski definition) is 3. The second kappa shape index (κ2) is 4.69. The predicted molar refractivity (Wildman–Crippen MR) is 62.8 cm³/mol. The van der Waals surface area contributed by atoms with E-state index >= 15 is 0 Å². The minimum absolute atomic E-state index is 0.00487. The highest BCUT2D eigenvalue weighted by atomic mass is 19.1. The average Bonchev–Trinajstić information content (AvgIpc) is 2.78. The van der Waals surface area contributed by atoms with Crippen molar-refractivity contribution in [1.82, 2.24) is 10.3 Å². The largest absolute Gasteiger partial charge is 0.399 e. The second-order valence-corrected chi connectivity index (χ2v) is 3.64. The lowest BCUT2D eigenvalue weighted by molar-refractivity contribution is 0.0947. The van der Waals surface area contributed by atoms with Crippen LogP contribution in [0.5, 0.6) is 0 Å². The lowest BCUT2D eigenvalue weighted by atomic mass is 10.2. The number of rotatable bonds is 3. The zero-order valence-corrected chi connectivity index (χ0v) is 9.03. The molecular formula is C12H12FN3O. The number of benzene rings is 1. The lowest BCUT2D eigenvalue weighted by Crippen LogP contribution is -2.23. The Labute approximate surface area is 97.6 Å². The lowest BCUT2D eigenvalue weighted by Gasteiger charge is -2.05. The van der Waals surface area contributed by atoms with Gasteiger partial charge in [0, 0.05) is 24.6 Å². The summed E-state index contributed by atoms with van der Waals surface area (Å²) in [5.74, 6) is -1.07. The summed E-state index contributed by atoms with van der Waals surface area (Å²) in [6.07, 6.45) is 3.52. The Hall–Kier alpha value is -2.30. The Morgan fingerprint density at radius 3 is 2.88 bits per heavy atom. The van der Waals surface area contributed by atoms with E-state index in [1.165, 1.54) is 12.1 Å². The van der Waals surface area contributed by atoms with Gasteiger partial charge in [-0.2, -0.15) is 0 Å². The maximum Gasteiger partial charge on any atom is 0.254 e. The molecule has 0 radical (unpaired) electrons. The van der Waals surface area contributed by atoms with Crippen LogP contribution in [0.25, 0.3) is 0 Å². The van der Waals surface area contributed by atoms with Gasteiger partial charge in [0.05, 0.1) is 5.56 Å². The molecule has 0 fully saturated rings. The summed E-state index contributed by atoms with van der Waals surface area (Å²) in [5, 5.41) is 2.62. The third-order valence-corrected chi connectivity index (χ3v) is 2.35. The van der Waals surface area contributed by atoms with Crippen molar-refractivity contribution >= 4 is 11.6 Å². The van der Waals surface area contributed by atoms with Gasteiger partial charge in [-0.1, -0.05) is 0 Å². The number of H-pyrrole nitrogens is 1. The summed E-state index contributed by atoms with van der Waals surface area (Å²) >= 11 is 0. The van der Waals surface area contributed by atoms with Gasteiger partial charge in [-0.05, 0) is 29.8 Å². The van der Waals surface area contributed by atoms with E-state index in [-0.39, 0.29) is 5.56 Å². The van der Waals surface area contributed by atoms with Crippen LogP contribution in [-0.4, -0.2) is 10.9 Å². The van der Waals surface area contributed by atoms with Crippen LogP contribution in [0, 0.1) is 5.82 Å². The van der Waals surface area contributed by atoms with Crippen molar-refractivity contribution in [2.75, 3.05) is 5.73 Å². The molecule has 2 rings (SSSR count). The van der Waals surface area contributed by atoms with Crippen LogP contribution in [0.1, 0.15) is 15.9 Å². The summed E-state index contributed by atoms with van der Waals surface area (Å²) in [5.41, 5.74) is 6.62. The monoisotopic (exact) mass is 233 g/mol. The highest BCUT2D eigenvalue weighted by molar-refractivity contribution is 5.94. The molecule has 2 aromatic rings. The standard InChI is InChI=1S/C12H12FN3O/c13-11-5-9(14)1-2-10(11)12(17)16-7-8-3-4-15-6-8/h1-6,15H,7,14H2,(H,16,17). The van der Waals surface area contributed by atoms with Crippen molar-refractivity contribution in [3.05, 3.63) is 53.6 Å². The first kappa shape index (κ1) is 11.2. The second-order valence-electron chi connectivity index (χ2n) is 3.64. The molecule has 88 valence electrons. The molecule has 0 spiro atoms. The molecule has 1 heterocycles. The Kier molecular flexibility index (Phi) is 3.09. The van der Waals surface area contributed by atoms with Crippen LogP contribution in [0.2, 0.25) is 0 Å². The highest BCUT2D eigenvalue weighted by Crippen LogP contribution is 2.11. The minimum Gasteiger partial charge on any atom is -0.399 e. The molecule has 1 aromatic heterocycles. The number of nitrogen functional groups attached to an aromatic ring is 1. The quantitative estimate of drug-likeness (QED) is 0.705. The molecule has 17 heavy (non-hydrogen) atoms. The van der Waals surface area contributed by atoms with Crippen LogP contribution in [-0.2, 0) is 6.54 Å². The van der Waals surface area contributed by atoms with Crippen LogP contribution >= 0.6 is 0 Å². The normalized spacial score (nSPS) is 10.2. The van der Waals surface area contributed by atoms with E-state index < -0.39 is 11.7 Å². The third kappa shape index (κ3) is 2.63. The van der Waals surface area contributed by atoms with Crippen molar-refractivity contribution < 1.29 is 9.18 Å². The van der Waals surface area contributed by atoms with Gasteiger partial charge in [0.25, 0.3) is 5.91 Å². The van der Waals surface area contributed by atoms with Crippen LogP contribution < -0.4 is 11.1 Å². The zero-order chi connectivity index (χ0) is 12.3. The van der Waals surface area contributed by atoms with Gasteiger partial charge in [-0.3, -0.25) is 4.79 Å².